The van der Waals surface area contributed by atoms with Gasteiger partial charge in [0.15, 0.2) is 0 Å². The van der Waals surface area contributed by atoms with Gasteiger partial charge in [-0.2, -0.15) is 0 Å². The molecule has 0 aliphatic carbocycles. The van der Waals surface area contributed by atoms with E-state index in [1.54, 1.807) is 24.3 Å². The zero-order valence-corrected chi connectivity index (χ0v) is 10.2. The van der Waals surface area contributed by atoms with Crippen LogP contribution in [0.2, 0.25) is 5.02 Å². The summed E-state index contributed by atoms with van der Waals surface area (Å²) in [6.07, 6.45) is 0. The monoisotopic (exact) mass is 246 g/mol. The molecule has 1 aromatic rings. The van der Waals surface area contributed by atoms with Crippen LogP contribution in [0.4, 0.5) is 0 Å². The van der Waals surface area contributed by atoms with E-state index in [1.807, 2.05) is 0 Å². The summed E-state index contributed by atoms with van der Waals surface area (Å²) < 4.78 is 21.6. The van der Waals surface area contributed by atoms with Gasteiger partial charge in [-0.05, 0) is 17.7 Å². The predicted molar refractivity (Wildman–Crippen MR) is 62.1 cm³/mol. The lowest BCUT2D eigenvalue weighted by atomic mass is 10.2. The summed E-state index contributed by atoms with van der Waals surface area (Å²) in [5, 5.41) is 0.931. The molecule has 5 heteroatoms. The Hall–Kier alpha value is -0.600. The molecule has 0 aliphatic rings. The second kappa shape index (κ2) is 4.95. The van der Waals surface area contributed by atoms with Gasteiger partial charge in [-0.15, -0.1) is 0 Å². The summed E-state index contributed by atoms with van der Waals surface area (Å²) in [7, 11) is -0.597. The number of hydrogen-bond acceptors (Lipinski definition) is 3. The van der Waals surface area contributed by atoms with Crippen molar-refractivity contribution in [3.05, 3.63) is 41.4 Å². The maximum atomic E-state index is 12.0. The fraction of sp³-hybridized carbons (Fsp3) is 0.200. The maximum Gasteiger partial charge on any atom is 0.360 e. The van der Waals surface area contributed by atoms with Gasteiger partial charge in [-0.3, -0.25) is 4.57 Å². The molecule has 15 heavy (non-hydrogen) atoms. The van der Waals surface area contributed by atoms with E-state index in [0.717, 1.165) is 0 Å². The molecule has 0 saturated carbocycles. The van der Waals surface area contributed by atoms with Crippen molar-refractivity contribution in [2.45, 2.75) is 0 Å². The first-order valence-corrected chi connectivity index (χ1v) is 6.12. The third-order valence-corrected chi connectivity index (χ3v) is 4.12. The van der Waals surface area contributed by atoms with Crippen molar-refractivity contribution in [1.29, 1.82) is 0 Å². The Morgan fingerprint density at radius 3 is 2.13 bits per heavy atom. The van der Waals surface area contributed by atoms with Crippen LogP contribution in [-0.2, 0) is 13.6 Å². The Morgan fingerprint density at radius 1 is 1.27 bits per heavy atom. The van der Waals surface area contributed by atoms with E-state index < -0.39 is 7.60 Å². The second-order valence-corrected chi connectivity index (χ2v) is 5.52. The first kappa shape index (κ1) is 12.5. The highest BCUT2D eigenvalue weighted by Gasteiger charge is 2.26. The van der Waals surface area contributed by atoms with Crippen molar-refractivity contribution < 1.29 is 13.6 Å². The zero-order valence-electron chi connectivity index (χ0n) is 8.57. The lowest BCUT2D eigenvalue weighted by Gasteiger charge is -2.16. The van der Waals surface area contributed by atoms with E-state index in [-0.39, 0.29) is 0 Å². The third-order valence-electron chi connectivity index (χ3n) is 1.99. The Labute approximate surface area is 94.2 Å². The van der Waals surface area contributed by atoms with Crippen LogP contribution in [0.3, 0.4) is 0 Å². The van der Waals surface area contributed by atoms with Gasteiger partial charge in [0.05, 0.1) is 5.31 Å². The normalized spacial score (nSPS) is 11.4. The Morgan fingerprint density at radius 2 is 1.73 bits per heavy atom. The van der Waals surface area contributed by atoms with Crippen molar-refractivity contribution in [2.24, 2.45) is 0 Å². The van der Waals surface area contributed by atoms with Gasteiger partial charge >= 0.3 is 7.60 Å². The Bertz CT molecular complexity index is 392. The number of halogens is 1. The van der Waals surface area contributed by atoms with Crippen LogP contribution in [0, 0.1) is 0 Å². The van der Waals surface area contributed by atoms with Gasteiger partial charge < -0.3 is 9.05 Å². The fourth-order valence-electron chi connectivity index (χ4n) is 1.10. The largest absolute Gasteiger partial charge is 0.360 e. The number of hydrogen-bond donors (Lipinski definition) is 0. The van der Waals surface area contributed by atoms with Gasteiger partial charge in [0.2, 0.25) is 0 Å². The summed E-state index contributed by atoms with van der Waals surface area (Å²) in [4.78, 5) is 0. The second-order valence-electron chi connectivity index (χ2n) is 2.82. The summed E-state index contributed by atoms with van der Waals surface area (Å²) in [6.45, 7) is 3.71. The Balaban J connectivity index is 3.04. The SMILES string of the molecule is C=C(c1ccc(Cl)cc1)P(=O)(OC)OC. The molecule has 0 fully saturated rings. The molecule has 1 rings (SSSR count). The van der Waals surface area contributed by atoms with Crippen molar-refractivity contribution in [3.8, 4) is 0 Å². The third kappa shape index (κ3) is 2.70. The van der Waals surface area contributed by atoms with Gasteiger partial charge in [0, 0.05) is 19.2 Å². The first-order valence-electron chi connectivity index (χ1n) is 4.20. The van der Waals surface area contributed by atoms with Crippen LogP contribution in [0.1, 0.15) is 5.56 Å². The minimum absolute atomic E-state index is 0.323. The van der Waals surface area contributed by atoms with Crippen LogP contribution >= 0.6 is 19.2 Å². The fourth-order valence-corrected chi connectivity index (χ4v) is 2.28. The molecule has 0 unspecified atom stereocenters. The standard InChI is InChI=1S/C10H12ClO3P/c1-8(15(12,13-2)14-3)9-4-6-10(11)7-5-9/h4-7H,1H2,2-3H3. The number of benzene rings is 1. The first-order chi connectivity index (χ1) is 7.03. The molecule has 3 nitrogen and oxygen atoms in total. The Kier molecular flexibility index (Phi) is 4.12. The van der Waals surface area contributed by atoms with Gasteiger partial charge in [-0.1, -0.05) is 30.3 Å². The van der Waals surface area contributed by atoms with Crippen LogP contribution in [-0.4, -0.2) is 14.2 Å². The molecule has 0 heterocycles. The highest BCUT2D eigenvalue weighted by atomic mass is 35.5. The van der Waals surface area contributed by atoms with Crippen molar-refractivity contribution in [3.63, 3.8) is 0 Å². The minimum atomic E-state index is -3.25. The predicted octanol–water partition coefficient (Wildman–Crippen LogP) is 3.80. The van der Waals surface area contributed by atoms with E-state index >= 15 is 0 Å². The van der Waals surface area contributed by atoms with Crippen molar-refractivity contribution in [1.82, 2.24) is 0 Å². The number of rotatable bonds is 4. The topological polar surface area (TPSA) is 35.5 Å². The van der Waals surface area contributed by atoms with Crippen LogP contribution < -0.4 is 0 Å². The molecule has 0 N–H and O–H groups in total. The van der Waals surface area contributed by atoms with Crippen LogP contribution in [0.5, 0.6) is 0 Å². The van der Waals surface area contributed by atoms with Crippen molar-refractivity contribution >= 4 is 24.5 Å². The van der Waals surface area contributed by atoms with Gasteiger partial charge in [0.1, 0.15) is 0 Å². The molecule has 0 atom stereocenters. The average Bonchev–Trinajstić information content (AvgIpc) is 2.28. The molecule has 0 saturated heterocycles. The lowest BCUT2D eigenvalue weighted by molar-refractivity contribution is 0.288. The summed E-state index contributed by atoms with van der Waals surface area (Å²) in [5.41, 5.74) is 0.687. The molecule has 82 valence electrons. The van der Waals surface area contributed by atoms with Crippen LogP contribution in [0.25, 0.3) is 5.31 Å². The molecular weight excluding hydrogens is 235 g/mol. The quantitative estimate of drug-likeness (QED) is 0.758. The van der Waals surface area contributed by atoms with E-state index in [0.29, 0.717) is 15.9 Å². The van der Waals surface area contributed by atoms with Gasteiger partial charge in [-0.25, -0.2) is 0 Å². The molecule has 0 aromatic heterocycles. The maximum absolute atomic E-state index is 12.0. The molecule has 0 spiro atoms. The average molecular weight is 247 g/mol. The smallest absolute Gasteiger partial charge is 0.309 e. The summed E-state index contributed by atoms with van der Waals surface area (Å²) >= 11 is 5.74. The lowest BCUT2D eigenvalue weighted by Crippen LogP contribution is -1.91. The molecule has 0 amide bonds. The molecule has 1 aromatic carbocycles. The zero-order chi connectivity index (χ0) is 11.5. The summed E-state index contributed by atoms with van der Waals surface area (Å²) in [6, 6.07) is 6.82. The molecule has 0 bridgehead atoms. The van der Waals surface area contributed by atoms with Gasteiger partial charge in [0.25, 0.3) is 0 Å². The molecular formula is C10H12ClO3P. The van der Waals surface area contributed by atoms with E-state index in [9.17, 15) is 4.57 Å². The van der Waals surface area contributed by atoms with E-state index in [2.05, 4.69) is 6.58 Å². The molecule has 0 radical (unpaired) electrons. The highest BCUT2D eigenvalue weighted by molar-refractivity contribution is 7.65. The van der Waals surface area contributed by atoms with Crippen molar-refractivity contribution in [2.75, 3.05) is 14.2 Å². The minimum Gasteiger partial charge on any atom is -0.309 e. The van der Waals surface area contributed by atoms with E-state index in [4.69, 9.17) is 20.6 Å². The molecule has 0 aliphatic heterocycles. The van der Waals surface area contributed by atoms with E-state index in [1.165, 1.54) is 14.2 Å². The van der Waals surface area contributed by atoms with Crippen LogP contribution in [0.15, 0.2) is 30.8 Å². The highest BCUT2D eigenvalue weighted by Crippen LogP contribution is 2.58. The summed E-state index contributed by atoms with van der Waals surface area (Å²) in [5.74, 6) is 0.